The van der Waals surface area contributed by atoms with Crippen molar-refractivity contribution in [3.05, 3.63) is 29.3 Å². The summed E-state index contributed by atoms with van der Waals surface area (Å²) >= 11 is 0. The lowest BCUT2D eigenvalue weighted by molar-refractivity contribution is -0.135. The number of halogens is 3. The van der Waals surface area contributed by atoms with Crippen LogP contribution in [0.1, 0.15) is 24.0 Å². The molecule has 0 saturated carbocycles. The van der Waals surface area contributed by atoms with Crippen LogP contribution >= 0.6 is 0 Å². The van der Waals surface area contributed by atoms with E-state index in [4.69, 9.17) is 5.11 Å². The zero-order valence-electron chi connectivity index (χ0n) is 10.9. The van der Waals surface area contributed by atoms with Gasteiger partial charge in [-0.2, -0.15) is 13.2 Å². The topological polar surface area (TPSA) is 66.4 Å². The zero-order chi connectivity index (χ0) is 15.4. The van der Waals surface area contributed by atoms with Crippen molar-refractivity contribution >= 4 is 10.0 Å². The van der Waals surface area contributed by atoms with E-state index >= 15 is 0 Å². The van der Waals surface area contributed by atoms with Gasteiger partial charge < -0.3 is 5.11 Å². The summed E-state index contributed by atoms with van der Waals surface area (Å²) in [4.78, 5) is -0.0314. The first-order valence-electron chi connectivity index (χ1n) is 5.92. The predicted molar refractivity (Wildman–Crippen MR) is 67.6 cm³/mol. The van der Waals surface area contributed by atoms with Gasteiger partial charge in [0, 0.05) is 13.0 Å². The molecule has 1 aromatic carbocycles. The average molecular weight is 311 g/mol. The molecule has 0 saturated heterocycles. The molecule has 0 heterocycles. The van der Waals surface area contributed by atoms with E-state index in [1.165, 1.54) is 12.1 Å². The smallest absolute Gasteiger partial charge is 0.389 e. The lowest BCUT2D eigenvalue weighted by Crippen LogP contribution is -2.26. The van der Waals surface area contributed by atoms with Crippen molar-refractivity contribution < 1.29 is 26.7 Å². The van der Waals surface area contributed by atoms with Crippen molar-refractivity contribution in [2.75, 3.05) is 6.54 Å². The van der Waals surface area contributed by atoms with Crippen molar-refractivity contribution in [3.8, 4) is 0 Å². The Labute approximate surface area is 115 Å². The van der Waals surface area contributed by atoms with Crippen molar-refractivity contribution in [2.45, 2.75) is 37.4 Å². The Morgan fingerprint density at radius 1 is 1.30 bits per heavy atom. The van der Waals surface area contributed by atoms with Gasteiger partial charge in [0.2, 0.25) is 10.0 Å². The molecule has 2 N–H and O–H groups in total. The molecule has 0 aliphatic heterocycles. The van der Waals surface area contributed by atoms with Crippen LogP contribution in [-0.4, -0.2) is 26.2 Å². The average Bonchev–Trinajstić information content (AvgIpc) is 2.34. The summed E-state index contributed by atoms with van der Waals surface area (Å²) in [5, 5.41) is 8.98. The van der Waals surface area contributed by atoms with E-state index < -0.39 is 22.6 Å². The first kappa shape index (κ1) is 16.9. The van der Waals surface area contributed by atoms with E-state index in [0.717, 1.165) is 0 Å². The van der Waals surface area contributed by atoms with E-state index in [-0.39, 0.29) is 24.5 Å². The van der Waals surface area contributed by atoms with Gasteiger partial charge in [0.25, 0.3) is 0 Å². The van der Waals surface area contributed by atoms with Gasteiger partial charge in [-0.3, -0.25) is 0 Å². The maximum absolute atomic E-state index is 12.0. The molecule has 1 rings (SSSR count). The second-order valence-corrected chi connectivity index (χ2v) is 6.11. The molecule has 0 unspecified atom stereocenters. The summed E-state index contributed by atoms with van der Waals surface area (Å²) in [5.74, 6) is 0. The standard InChI is InChI=1S/C12H16F3NO3S/c1-9-3-4-10(8-17)7-11(9)20(18,19)16-6-2-5-12(13,14)15/h3-4,7,16-17H,2,5-6,8H2,1H3. The van der Waals surface area contributed by atoms with Crippen LogP contribution in [0.15, 0.2) is 23.1 Å². The fourth-order valence-electron chi connectivity index (χ4n) is 1.61. The Morgan fingerprint density at radius 2 is 1.95 bits per heavy atom. The fourth-order valence-corrected chi connectivity index (χ4v) is 2.97. The Kier molecular flexibility index (Phi) is 5.55. The van der Waals surface area contributed by atoms with Crippen molar-refractivity contribution in [3.63, 3.8) is 0 Å². The molecule has 0 bridgehead atoms. The molecule has 0 aliphatic carbocycles. The SMILES string of the molecule is Cc1ccc(CO)cc1S(=O)(=O)NCCCC(F)(F)F. The third-order valence-electron chi connectivity index (χ3n) is 2.65. The minimum absolute atomic E-state index is 0.0314. The molecule has 20 heavy (non-hydrogen) atoms. The van der Waals surface area contributed by atoms with Crippen LogP contribution in [-0.2, 0) is 16.6 Å². The quantitative estimate of drug-likeness (QED) is 0.791. The van der Waals surface area contributed by atoms with E-state index in [1.54, 1.807) is 13.0 Å². The number of aliphatic hydroxyl groups excluding tert-OH is 1. The maximum Gasteiger partial charge on any atom is 0.389 e. The molecular weight excluding hydrogens is 295 g/mol. The summed E-state index contributed by atoms with van der Waals surface area (Å²) in [6.45, 7) is 0.979. The van der Waals surface area contributed by atoms with Gasteiger partial charge in [-0.1, -0.05) is 12.1 Å². The molecule has 0 fully saturated rings. The summed E-state index contributed by atoms with van der Waals surface area (Å²) in [5.41, 5.74) is 0.886. The molecule has 1 aromatic rings. The van der Waals surface area contributed by atoms with Crippen LogP contribution in [0.3, 0.4) is 0 Å². The molecular formula is C12H16F3NO3S. The molecule has 8 heteroatoms. The number of aryl methyl sites for hydroxylation is 1. The van der Waals surface area contributed by atoms with E-state index in [0.29, 0.717) is 11.1 Å². The van der Waals surface area contributed by atoms with Gasteiger partial charge in [0.15, 0.2) is 0 Å². The Bertz CT molecular complexity index is 556. The Hall–Kier alpha value is -1.12. The Morgan fingerprint density at radius 3 is 2.50 bits per heavy atom. The number of hydrogen-bond acceptors (Lipinski definition) is 3. The second kappa shape index (κ2) is 6.55. The lowest BCUT2D eigenvalue weighted by atomic mass is 10.2. The summed E-state index contributed by atoms with van der Waals surface area (Å²) in [7, 11) is -3.87. The van der Waals surface area contributed by atoms with Crippen LogP contribution in [0.2, 0.25) is 0 Å². The second-order valence-electron chi connectivity index (χ2n) is 4.37. The highest BCUT2D eigenvalue weighted by atomic mass is 32.2. The summed E-state index contributed by atoms with van der Waals surface area (Å²) in [6.07, 6.45) is -5.65. The monoisotopic (exact) mass is 311 g/mol. The fraction of sp³-hybridized carbons (Fsp3) is 0.500. The minimum atomic E-state index is -4.29. The minimum Gasteiger partial charge on any atom is -0.392 e. The molecule has 0 amide bonds. The highest BCUT2D eigenvalue weighted by molar-refractivity contribution is 7.89. The number of nitrogens with one attached hydrogen (secondary N) is 1. The number of hydrogen-bond donors (Lipinski definition) is 2. The van der Waals surface area contributed by atoms with Crippen molar-refractivity contribution in [2.24, 2.45) is 0 Å². The molecule has 0 radical (unpaired) electrons. The van der Waals surface area contributed by atoms with Gasteiger partial charge in [-0.15, -0.1) is 0 Å². The highest BCUT2D eigenvalue weighted by Gasteiger charge is 2.26. The van der Waals surface area contributed by atoms with Gasteiger partial charge >= 0.3 is 6.18 Å². The van der Waals surface area contributed by atoms with Gasteiger partial charge in [-0.25, -0.2) is 13.1 Å². The van der Waals surface area contributed by atoms with Crippen LogP contribution in [0.5, 0.6) is 0 Å². The van der Waals surface area contributed by atoms with Crippen molar-refractivity contribution in [1.82, 2.24) is 4.72 Å². The first-order valence-corrected chi connectivity index (χ1v) is 7.41. The van der Waals surface area contributed by atoms with Crippen LogP contribution < -0.4 is 4.72 Å². The number of sulfonamides is 1. The maximum atomic E-state index is 12.0. The summed E-state index contributed by atoms with van der Waals surface area (Å²) in [6, 6.07) is 4.43. The molecule has 0 atom stereocenters. The van der Waals surface area contributed by atoms with Gasteiger partial charge in [0.1, 0.15) is 0 Å². The van der Waals surface area contributed by atoms with E-state index in [9.17, 15) is 21.6 Å². The third kappa shape index (κ3) is 5.10. The van der Waals surface area contributed by atoms with Crippen LogP contribution in [0.4, 0.5) is 13.2 Å². The molecule has 0 aliphatic rings. The summed E-state index contributed by atoms with van der Waals surface area (Å²) < 4.78 is 61.9. The van der Waals surface area contributed by atoms with E-state index in [2.05, 4.69) is 4.72 Å². The first-order chi connectivity index (χ1) is 9.15. The molecule has 114 valence electrons. The number of aliphatic hydroxyl groups is 1. The molecule has 0 spiro atoms. The lowest BCUT2D eigenvalue weighted by Gasteiger charge is -2.11. The molecule has 0 aromatic heterocycles. The zero-order valence-corrected chi connectivity index (χ0v) is 11.7. The van der Waals surface area contributed by atoms with Gasteiger partial charge in [-0.05, 0) is 30.5 Å². The number of alkyl halides is 3. The largest absolute Gasteiger partial charge is 0.392 e. The normalized spacial score (nSPS) is 12.7. The highest BCUT2D eigenvalue weighted by Crippen LogP contribution is 2.21. The number of benzene rings is 1. The molecule has 4 nitrogen and oxygen atoms in total. The van der Waals surface area contributed by atoms with Crippen LogP contribution in [0, 0.1) is 6.92 Å². The van der Waals surface area contributed by atoms with E-state index in [1.807, 2.05) is 0 Å². The van der Waals surface area contributed by atoms with Gasteiger partial charge in [0.05, 0.1) is 11.5 Å². The van der Waals surface area contributed by atoms with Crippen LogP contribution in [0.25, 0.3) is 0 Å². The third-order valence-corrected chi connectivity index (χ3v) is 4.26. The predicted octanol–water partition coefficient (Wildman–Crippen LogP) is 2.11. The Balaban J connectivity index is 2.74. The van der Waals surface area contributed by atoms with Crippen molar-refractivity contribution in [1.29, 1.82) is 0 Å². The number of rotatable bonds is 6.